The van der Waals surface area contributed by atoms with E-state index >= 15 is 0 Å². The minimum absolute atomic E-state index is 0.147. The van der Waals surface area contributed by atoms with Gasteiger partial charge in [-0.2, -0.15) is 5.10 Å². The number of hydrogen-bond donors (Lipinski definition) is 1. The molecule has 5 aliphatic rings. The summed E-state index contributed by atoms with van der Waals surface area (Å²) in [6.07, 6.45) is 7.60. The van der Waals surface area contributed by atoms with Crippen molar-refractivity contribution in [1.82, 2.24) is 24.2 Å². The third kappa shape index (κ3) is 3.93. The van der Waals surface area contributed by atoms with Gasteiger partial charge in [-0.15, -0.1) is 0 Å². The summed E-state index contributed by atoms with van der Waals surface area (Å²) < 4.78 is 8.94. The lowest BCUT2D eigenvalue weighted by atomic mass is 9.90. The highest BCUT2D eigenvalue weighted by molar-refractivity contribution is 5.85. The maximum atomic E-state index is 13.3. The molecule has 1 aliphatic carbocycles. The average molecular weight is 505 g/mol. The number of anilines is 1. The molecule has 2 aromatic heterocycles. The van der Waals surface area contributed by atoms with Gasteiger partial charge in [0.2, 0.25) is 5.91 Å². The largest absolute Gasteiger partial charge is 0.388 e. The monoisotopic (exact) mass is 504 g/mol. The summed E-state index contributed by atoms with van der Waals surface area (Å²) in [6.45, 7) is 4.95. The molecule has 2 atom stereocenters. The van der Waals surface area contributed by atoms with Gasteiger partial charge in [0, 0.05) is 43.7 Å². The molecule has 1 amide bonds. The molecule has 2 unspecified atom stereocenters. The van der Waals surface area contributed by atoms with Crippen molar-refractivity contribution in [1.29, 1.82) is 0 Å². The van der Waals surface area contributed by atoms with Crippen LogP contribution >= 0.6 is 0 Å². The first-order chi connectivity index (χ1) is 17.8. The molecule has 0 spiro atoms. The van der Waals surface area contributed by atoms with E-state index in [0.29, 0.717) is 49.2 Å². The third-order valence-electron chi connectivity index (χ3n) is 8.72. The van der Waals surface area contributed by atoms with E-state index in [1.54, 1.807) is 10.9 Å². The van der Waals surface area contributed by atoms with Crippen LogP contribution in [0.25, 0.3) is 16.7 Å². The summed E-state index contributed by atoms with van der Waals surface area (Å²) in [5, 5.41) is 16.1. The van der Waals surface area contributed by atoms with Crippen molar-refractivity contribution < 1.29 is 14.6 Å². The number of piperidine rings is 2. The van der Waals surface area contributed by atoms with Gasteiger partial charge in [0.25, 0.3) is 5.56 Å². The number of rotatable bonds is 5. The summed E-state index contributed by atoms with van der Waals surface area (Å²) >= 11 is 0. The number of fused-ring (bicyclic) bond motifs is 3. The number of aliphatic hydroxyl groups is 1. The van der Waals surface area contributed by atoms with Gasteiger partial charge in [0.05, 0.1) is 36.2 Å². The fraction of sp³-hybridized carbons (Fsp3) is 0.556. The Labute approximate surface area is 214 Å². The summed E-state index contributed by atoms with van der Waals surface area (Å²) in [5.41, 5.74) is 0.964. The molecule has 6 heterocycles. The van der Waals surface area contributed by atoms with Crippen LogP contribution in [-0.2, 0) is 16.1 Å². The highest BCUT2D eigenvalue weighted by atomic mass is 16.5. The molecule has 194 valence electrons. The van der Waals surface area contributed by atoms with Gasteiger partial charge in [0.15, 0.2) is 5.65 Å². The number of benzene rings is 1. The second-order valence-corrected chi connectivity index (χ2v) is 11.6. The van der Waals surface area contributed by atoms with Crippen molar-refractivity contribution in [2.45, 2.75) is 63.4 Å². The van der Waals surface area contributed by atoms with Crippen LogP contribution in [0.2, 0.25) is 0 Å². The number of hydrogen-bond acceptors (Lipinski definition) is 7. The molecule has 1 saturated carbocycles. The highest BCUT2D eigenvalue weighted by Gasteiger charge is 2.48. The fourth-order valence-electron chi connectivity index (χ4n) is 6.02. The minimum Gasteiger partial charge on any atom is -0.388 e. The zero-order chi connectivity index (χ0) is 25.4. The first-order valence-electron chi connectivity index (χ1n) is 13.3. The normalized spacial score (nSPS) is 25.7. The Morgan fingerprint density at radius 2 is 1.84 bits per heavy atom. The van der Waals surface area contributed by atoms with Crippen LogP contribution < -0.4 is 10.5 Å². The highest BCUT2D eigenvalue weighted by Crippen LogP contribution is 2.47. The molecular weight excluding hydrogens is 472 g/mol. The summed E-state index contributed by atoms with van der Waals surface area (Å²) in [4.78, 5) is 34.8. The van der Waals surface area contributed by atoms with Crippen LogP contribution in [0.5, 0.6) is 0 Å². The van der Waals surface area contributed by atoms with Crippen LogP contribution in [0.1, 0.15) is 39.0 Å². The SMILES string of the molecule is CC1(C(=O)N2CCC(O)(Cn3cnc4c(cnn4-c4cccc(N5CC6CC(C5)O6)c4)c3=O)CC2)CC1. The molecule has 3 aromatic rings. The lowest BCUT2D eigenvalue weighted by molar-refractivity contribution is -0.141. The number of amides is 1. The molecule has 1 aromatic carbocycles. The molecule has 4 aliphatic heterocycles. The summed E-state index contributed by atoms with van der Waals surface area (Å²) in [7, 11) is 0. The fourth-order valence-corrected chi connectivity index (χ4v) is 6.02. The van der Waals surface area contributed by atoms with E-state index in [1.807, 2.05) is 24.0 Å². The Balaban J connectivity index is 1.10. The molecule has 10 heteroatoms. The minimum atomic E-state index is -1.05. The van der Waals surface area contributed by atoms with Crippen LogP contribution in [0.3, 0.4) is 0 Å². The molecule has 8 rings (SSSR count). The molecule has 37 heavy (non-hydrogen) atoms. The van der Waals surface area contributed by atoms with Gasteiger partial charge >= 0.3 is 0 Å². The maximum Gasteiger partial charge on any atom is 0.264 e. The summed E-state index contributed by atoms with van der Waals surface area (Å²) in [5.74, 6) is 0.191. The number of carbonyl (C=O) groups excluding carboxylic acids is 1. The van der Waals surface area contributed by atoms with Crippen LogP contribution in [0, 0.1) is 5.41 Å². The van der Waals surface area contributed by atoms with Gasteiger partial charge < -0.3 is 19.6 Å². The van der Waals surface area contributed by atoms with Gasteiger partial charge in [0.1, 0.15) is 11.7 Å². The number of morpholine rings is 1. The molecule has 4 saturated heterocycles. The van der Waals surface area contributed by atoms with E-state index in [2.05, 4.69) is 27.1 Å². The molecule has 2 bridgehead atoms. The standard InChI is InChI=1S/C27H32N6O4/c1-26(5-6-26)25(35)30-9-7-27(36,8-10-30)16-32-17-28-23-22(24(32)34)13-29-33(23)19-4-2-3-18(11-19)31-14-20-12-21(15-31)37-20/h2-4,11,13,17,20-21,36H,5-10,12,14-16H2,1H3. The number of carbonyl (C=O) groups is 1. The topological polar surface area (TPSA) is 106 Å². The lowest BCUT2D eigenvalue weighted by Gasteiger charge is -2.48. The second kappa shape index (κ2) is 8.13. The summed E-state index contributed by atoms with van der Waals surface area (Å²) in [6, 6.07) is 8.12. The predicted molar refractivity (Wildman–Crippen MR) is 137 cm³/mol. The van der Waals surface area contributed by atoms with Crippen molar-refractivity contribution in [3.05, 3.63) is 47.1 Å². The van der Waals surface area contributed by atoms with Crippen LogP contribution in [0.4, 0.5) is 5.69 Å². The molecular formula is C27H32N6O4. The maximum absolute atomic E-state index is 13.3. The first kappa shape index (κ1) is 22.9. The van der Waals surface area contributed by atoms with Gasteiger partial charge in [-0.1, -0.05) is 13.0 Å². The Morgan fingerprint density at radius 1 is 1.14 bits per heavy atom. The van der Waals surface area contributed by atoms with Crippen molar-refractivity contribution in [2.24, 2.45) is 5.41 Å². The number of aromatic nitrogens is 4. The second-order valence-electron chi connectivity index (χ2n) is 11.6. The smallest absolute Gasteiger partial charge is 0.264 e. The average Bonchev–Trinajstić information content (AvgIpc) is 3.50. The van der Waals surface area contributed by atoms with Crippen molar-refractivity contribution in [3.63, 3.8) is 0 Å². The van der Waals surface area contributed by atoms with E-state index in [-0.39, 0.29) is 23.4 Å². The number of ether oxygens (including phenoxy) is 1. The van der Waals surface area contributed by atoms with Crippen molar-refractivity contribution in [3.8, 4) is 5.69 Å². The third-order valence-corrected chi connectivity index (χ3v) is 8.72. The van der Waals surface area contributed by atoms with E-state index in [0.717, 1.165) is 43.7 Å². The Bertz CT molecular complexity index is 1420. The molecule has 10 nitrogen and oxygen atoms in total. The Kier molecular flexibility index (Phi) is 5.04. The van der Waals surface area contributed by atoms with E-state index in [9.17, 15) is 14.7 Å². The zero-order valence-corrected chi connectivity index (χ0v) is 21.0. The quantitative estimate of drug-likeness (QED) is 0.564. The van der Waals surface area contributed by atoms with Gasteiger partial charge in [-0.05, 0) is 43.9 Å². The number of likely N-dealkylation sites (tertiary alicyclic amines) is 1. The predicted octanol–water partition coefficient (Wildman–Crippen LogP) is 1.71. The van der Waals surface area contributed by atoms with Crippen molar-refractivity contribution in [2.75, 3.05) is 31.1 Å². The van der Waals surface area contributed by atoms with Crippen LogP contribution in [0.15, 0.2) is 41.6 Å². The molecule has 5 fully saturated rings. The zero-order valence-electron chi connectivity index (χ0n) is 21.0. The molecule has 1 N–H and O–H groups in total. The number of nitrogens with zero attached hydrogens (tertiary/aromatic N) is 6. The Hall–Kier alpha value is -3.24. The van der Waals surface area contributed by atoms with Crippen LogP contribution in [-0.4, -0.2) is 79.2 Å². The molecule has 0 radical (unpaired) electrons. The van der Waals surface area contributed by atoms with Crippen molar-refractivity contribution >= 4 is 22.6 Å². The van der Waals surface area contributed by atoms with Gasteiger partial charge in [-0.3, -0.25) is 14.2 Å². The first-order valence-corrected chi connectivity index (χ1v) is 13.3. The van der Waals surface area contributed by atoms with E-state index in [4.69, 9.17) is 4.74 Å². The van der Waals surface area contributed by atoms with E-state index in [1.165, 1.54) is 10.9 Å². The van der Waals surface area contributed by atoms with E-state index < -0.39 is 5.60 Å². The lowest BCUT2D eigenvalue weighted by Crippen LogP contribution is -2.57. The Morgan fingerprint density at radius 3 is 2.54 bits per heavy atom. The van der Waals surface area contributed by atoms with Gasteiger partial charge in [-0.25, -0.2) is 9.67 Å².